The van der Waals surface area contributed by atoms with E-state index in [1.54, 1.807) is 11.8 Å². The molecule has 1 aliphatic rings. The number of nitrogens with zero attached hydrogens (tertiary/aromatic N) is 3. The van der Waals surface area contributed by atoms with Crippen LogP contribution in [0.5, 0.6) is 0 Å². The van der Waals surface area contributed by atoms with Crippen molar-refractivity contribution in [2.45, 2.75) is 32.0 Å². The fraction of sp³-hybridized carbons (Fsp3) is 0.714. The first-order valence-corrected chi connectivity index (χ1v) is 9.73. The molecule has 0 radical (unpaired) electrons. The second-order valence-corrected chi connectivity index (χ2v) is 8.08. The third kappa shape index (κ3) is 6.34. The molecular weight excluding hydrogens is 375 g/mol. The molecule has 2 heterocycles. The molecule has 1 aliphatic heterocycles. The Kier molecular flexibility index (Phi) is 6.77. The molecule has 1 saturated heterocycles. The molecule has 8 nitrogen and oxygen atoms in total. The molecule has 3 N–H and O–H groups in total. The zero-order valence-corrected chi connectivity index (χ0v) is 15.1. The van der Waals surface area contributed by atoms with E-state index < -0.39 is 21.8 Å². The molecule has 1 fully saturated rings. The van der Waals surface area contributed by atoms with Gasteiger partial charge in [0.25, 0.3) is 0 Å². The van der Waals surface area contributed by atoms with Crippen LogP contribution in [-0.2, 0) is 21.0 Å². The van der Waals surface area contributed by atoms with E-state index >= 15 is 0 Å². The SMILES string of the molecule is C[C@H](N)CONS(=O)(=O)CC1CCN(c2ncc(C(F)(F)F)cn2)CC1. The normalized spacial score (nSPS) is 18.1. The molecule has 1 atom stereocenters. The summed E-state index contributed by atoms with van der Waals surface area (Å²) >= 11 is 0. The second kappa shape index (κ2) is 8.46. The third-order valence-electron chi connectivity index (χ3n) is 3.85. The molecule has 1 aromatic rings. The minimum absolute atomic E-state index is 0.0724. The van der Waals surface area contributed by atoms with Gasteiger partial charge in [-0.1, -0.05) is 4.89 Å². The van der Waals surface area contributed by atoms with Crippen molar-refractivity contribution in [3.8, 4) is 0 Å². The number of hydrogen-bond acceptors (Lipinski definition) is 7. The van der Waals surface area contributed by atoms with Crippen LogP contribution in [0, 0.1) is 5.92 Å². The highest BCUT2D eigenvalue weighted by atomic mass is 32.2. The largest absolute Gasteiger partial charge is 0.419 e. The van der Waals surface area contributed by atoms with Crippen molar-refractivity contribution in [3.05, 3.63) is 18.0 Å². The lowest BCUT2D eigenvalue weighted by Crippen LogP contribution is -2.39. The summed E-state index contributed by atoms with van der Waals surface area (Å²) in [4.78, 5) is 16.1. The average molecular weight is 397 g/mol. The van der Waals surface area contributed by atoms with Crippen molar-refractivity contribution >= 4 is 16.0 Å². The van der Waals surface area contributed by atoms with Gasteiger partial charge in [0.2, 0.25) is 16.0 Å². The van der Waals surface area contributed by atoms with Gasteiger partial charge in [0.05, 0.1) is 17.9 Å². The van der Waals surface area contributed by atoms with E-state index in [1.807, 2.05) is 4.89 Å². The molecule has 2 rings (SSSR count). The van der Waals surface area contributed by atoms with Crippen molar-refractivity contribution in [1.29, 1.82) is 0 Å². The van der Waals surface area contributed by atoms with E-state index in [0.717, 1.165) is 12.4 Å². The van der Waals surface area contributed by atoms with Crippen LogP contribution in [-0.4, -0.2) is 49.9 Å². The number of nitrogens with one attached hydrogen (secondary N) is 1. The zero-order chi connectivity index (χ0) is 19.4. The van der Waals surface area contributed by atoms with Gasteiger partial charge in [-0.25, -0.2) is 18.4 Å². The molecule has 0 saturated carbocycles. The fourth-order valence-corrected chi connectivity index (χ4v) is 3.80. The molecule has 0 bridgehead atoms. The van der Waals surface area contributed by atoms with E-state index in [-0.39, 0.29) is 30.3 Å². The van der Waals surface area contributed by atoms with Crippen molar-refractivity contribution < 1.29 is 26.4 Å². The Balaban J connectivity index is 1.83. The Bertz CT molecular complexity index is 674. The van der Waals surface area contributed by atoms with Crippen molar-refractivity contribution in [3.63, 3.8) is 0 Å². The van der Waals surface area contributed by atoms with Crippen LogP contribution >= 0.6 is 0 Å². The number of piperidine rings is 1. The minimum Gasteiger partial charge on any atom is -0.341 e. The van der Waals surface area contributed by atoms with Crippen LogP contribution in [0.15, 0.2) is 12.4 Å². The summed E-state index contributed by atoms with van der Waals surface area (Å²) in [5.74, 6) is 0.0306. The van der Waals surface area contributed by atoms with Crippen molar-refractivity contribution in [2.24, 2.45) is 11.7 Å². The maximum atomic E-state index is 12.5. The standard InChI is InChI=1S/C14H22F3N5O3S/c1-10(18)8-25-21-26(23,24)9-11-2-4-22(5-3-11)13-19-6-12(7-20-13)14(15,16)17/h6-7,10-11,21H,2-5,8-9,18H2,1H3/t10-/m0/s1. The maximum Gasteiger partial charge on any atom is 0.419 e. The molecule has 0 amide bonds. The molecule has 26 heavy (non-hydrogen) atoms. The maximum absolute atomic E-state index is 12.5. The van der Waals surface area contributed by atoms with E-state index in [4.69, 9.17) is 10.6 Å². The van der Waals surface area contributed by atoms with Gasteiger partial charge in [-0.05, 0) is 25.7 Å². The van der Waals surface area contributed by atoms with Crippen LogP contribution in [0.25, 0.3) is 0 Å². The first kappa shape index (κ1) is 20.8. The molecule has 0 unspecified atom stereocenters. The van der Waals surface area contributed by atoms with Crippen LogP contribution in [0.1, 0.15) is 25.3 Å². The highest BCUT2D eigenvalue weighted by Crippen LogP contribution is 2.29. The number of hydrogen-bond donors (Lipinski definition) is 2. The zero-order valence-electron chi connectivity index (χ0n) is 14.2. The second-order valence-electron chi connectivity index (χ2n) is 6.35. The molecule has 148 valence electrons. The van der Waals surface area contributed by atoms with Gasteiger partial charge in [0.15, 0.2) is 0 Å². The first-order chi connectivity index (χ1) is 12.1. The Morgan fingerprint density at radius 3 is 2.42 bits per heavy atom. The van der Waals surface area contributed by atoms with Gasteiger partial charge >= 0.3 is 6.18 Å². The summed E-state index contributed by atoms with van der Waals surface area (Å²) in [6, 6.07) is -0.287. The highest BCUT2D eigenvalue weighted by Gasteiger charge is 2.32. The Morgan fingerprint density at radius 1 is 1.35 bits per heavy atom. The van der Waals surface area contributed by atoms with E-state index in [2.05, 4.69) is 9.97 Å². The minimum atomic E-state index is -4.48. The van der Waals surface area contributed by atoms with Crippen LogP contribution in [0.2, 0.25) is 0 Å². The molecule has 1 aromatic heterocycles. The predicted octanol–water partition coefficient (Wildman–Crippen LogP) is 0.910. The van der Waals surface area contributed by atoms with Gasteiger partial charge in [-0.2, -0.15) is 13.2 Å². The van der Waals surface area contributed by atoms with Gasteiger partial charge in [0, 0.05) is 31.5 Å². The van der Waals surface area contributed by atoms with Crippen molar-refractivity contribution in [1.82, 2.24) is 14.9 Å². The Hall–Kier alpha value is -1.50. The molecule has 12 heteroatoms. The average Bonchev–Trinajstić information content (AvgIpc) is 2.54. The predicted molar refractivity (Wildman–Crippen MR) is 88.5 cm³/mol. The lowest BCUT2D eigenvalue weighted by molar-refractivity contribution is -0.138. The first-order valence-electron chi connectivity index (χ1n) is 8.08. The molecule has 0 aliphatic carbocycles. The fourth-order valence-electron chi connectivity index (χ4n) is 2.53. The number of sulfonamides is 1. The van der Waals surface area contributed by atoms with Crippen LogP contribution in [0.4, 0.5) is 19.1 Å². The summed E-state index contributed by atoms with van der Waals surface area (Å²) in [5.41, 5.74) is 4.57. The van der Waals surface area contributed by atoms with Gasteiger partial charge in [-0.3, -0.25) is 4.84 Å². The van der Waals surface area contributed by atoms with Gasteiger partial charge < -0.3 is 10.6 Å². The summed E-state index contributed by atoms with van der Waals surface area (Å²) in [6.45, 7) is 2.69. The monoisotopic (exact) mass is 397 g/mol. The number of aromatic nitrogens is 2. The number of nitrogens with two attached hydrogens (primary N) is 1. The number of anilines is 1. The molecular formula is C14H22F3N5O3S. The smallest absolute Gasteiger partial charge is 0.341 e. The highest BCUT2D eigenvalue weighted by molar-refractivity contribution is 7.89. The lowest BCUT2D eigenvalue weighted by Gasteiger charge is -2.31. The lowest BCUT2D eigenvalue weighted by atomic mass is 9.99. The van der Waals surface area contributed by atoms with Gasteiger partial charge in [-0.15, -0.1) is 0 Å². The van der Waals surface area contributed by atoms with E-state index in [9.17, 15) is 21.6 Å². The number of rotatable bonds is 7. The van der Waals surface area contributed by atoms with Gasteiger partial charge in [0.1, 0.15) is 0 Å². The molecule has 0 aromatic carbocycles. The Morgan fingerprint density at radius 2 is 1.92 bits per heavy atom. The van der Waals surface area contributed by atoms with E-state index in [0.29, 0.717) is 25.9 Å². The summed E-state index contributed by atoms with van der Waals surface area (Å²) < 4.78 is 61.5. The Labute approximate surface area is 149 Å². The number of halogens is 3. The number of alkyl halides is 3. The summed E-state index contributed by atoms with van der Waals surface area (Å²) in [5, 5.41) is 0. The molecule has 0 spiro atoms. The summed E-state index contributed by atoms with van der Waals surface area (Å²) in [6.07, 6.45) is -1.87. The third-order valence-corrected chi connectivity index (χ3v) is 5.13. The van der Waals surface area contributed by atoms with Crippen LogP contribution in [0.3, 0.4) is 0 Å². The topological polar surface area (TPSA) is 110 Å². The van der Waals surface area contributed by atoms with Crippen molar-refractivity contribution in [2.75, 3.05) is 30.3 Å². The van der Waals surface area contributed by atoms with E-state index in [1.165, 1.54) is 0 Å². The summed E-state index contributed by atoms with van der Waals surface area (Å²) in [7, 11) is -3.58. The van der Waals surface area contributed by atoms with Crippen LogP contribution < -0.4 is 15.5 Å². The quantitative estimate of drug-likeness (QED) is 0.658.